The summed E-state index contributed by atoms with van der Waals surface area (Å²) in [6, 6.07) is 0. The van der Waals surface area contributed by atoms with E-state index in [4.69, 9.17) is 4.74 Å². The molecule has 0 N–H and O–H groups in total. The van der Waals surface area contributed by atoms with Gasteiger partial charge in [-0.3, -0.25) is 9.48 Å². The van der Waals surface area contributed by atoms with Crippen molar-refractivity contribution in [3.05, 3.63) is 16.4 Å². The Morgan fingerprint density at radius 2 is 2.44 bits per heavy atom. The Labute approximate surface area is 103 Å². The predicted molar refractivity (Wildman–Crippen MR) is 63.5 cm³/mol. The quantitative estimate of drug-likeness (QED) is 0.802. The molecule has 0 aliphatic carbocycles. The Balaban J connectivity index is 2.23. The second-order valence-corrected chi connectivity index (χ2v) is 4.89. The molecule has 2 unspecified atom stereocenters. The minimum atomic E-state index is -0.298. The normalized spacial score (nSPS) is 24.9. The SMILES string of the molecule is CCn1ncc(Br)c1C(=O)C1CCC(C)O1. The van der Waals surface area contributed by atoms with Gasteiger partial charge in [0.25, 0.3) is 0 Å². The van der Waals surface area contributed by atoms with E-state index in [9.17, 15) is 4.79 Å². The molecule has 1 aromatic rings. The maximum Gasteiger partial charge on any atom is 0.210 e. The van der Waals surface area contributed by atoms with Crippen LogP contribution in [0.2, 0.25) is 0 Å². The standard InChI is InChI=1S/C11H15BrN2O2/c1-3-14-10(8(12)6-13-14)11(15)9-5-4-7(2)16-9/h6-7,9H,3-5H2,1-2H3. The first-order valence-electron chi connectivity index (χ1n) is 5.54. The van der Waals surface area contributed by atoms with Crippen LogP contribution in [-0.4, -0.2) is 27.8 Å². The molecule has 0 aromatic carbocycles. The minimum absolute atomic E-state index is 0.0376. The summed E-state index contributed by atoms with van der Waals surface area (Å²) in [5, 5.41) is 4.14. The van der Waals surface area contributed by atoms with Gasteiger partial charge in [-0.15, -0.1) is 0 Å². The highest BCUT2D eigenvalue weighted by Crippen LogP contribution is 2.25. The van der Waals surface area contributed by atoms with E-state index in [-0.39, 0.29) is 18.0 Å². The van der Waals surface area contributed by atoms with Crippen LogP contribution in [0.5, 0.6) is 0 Å². The number of carbonyl (C=O) groups is 1. The number of halogens is 1. The Kier molecular flexibility index (Phi) is 3.44. The number of Topliss-reactive ketones (excluding diaryl/α,β-unsaturated/α-hetero) is 1. The number of hydrogen-bond donors (Lipinski definition) is 0. The lowest BCUT2D eigenvalue weighted by atomic mass is 10.1. The van der Waals surface area contributed by atoms with Gasteiger partial charge in [-0.1, -0.05) is 0 Å². The van der Waals surface area contributed by atoms with E-state index in [1.807, 2.05) is 13.8 Å². The Morgan fingerprint density at radius 1 is 1.69 bits per heavy atom. The number of rotatable bonds is 3. The summed E-state index contributed by atoms with van der Waals surface area (Å²) in [5.74, 6) is 0.0376. The smallest absolute Gasteiger partial charge is 0.210 e. The summed E-state index contributed by atoms with van der Waals surface area (Å²) >= 11 is 3.36. The highest BCUT2D eigenvalue weighted by Gasteiger charge is 2.31. The fraction of sp³-hybridized carbons (Fsp3) is 0.636. The van der Waals surface area contributed by atoms with Crippen molar-refractivity contribution >= 4 is 21.7 Å². The molecule has 16 heavy (non-hydrogen) atoms. The molecule has 1 aromatic heterocycles. The first kappa shape index (κ1) is 11.8. The fourth-order valence-electron chi connectivity index (χ4n) is 2.00. The van der Waals surface area contributed by atoms with Crippen molar-refractivity contribution in [1.29, 1.82) is 0 Å². The minimum Gasteiger partial charge on any atom is -0.367 e. The second-order valence-electron chi connectivity index (χ2n) is 4.03. The molecule has 1 aliphatic rings. The molecule has 0 saturated carbocycles. The third-order valence-corrected chi connectivity index (χ3v) is 3.43. The summed E-state index contributed by atoms with van der Waals surface area (Å²) in [6.07, 6.45) is 3.31. The van der Waals surface area contributed by atoms with Crippen molar-refractivity contribution in [3.63, 3.8) is 0 Å². The summed E-state index contributed by atoms with van der Waals surface area (Å²) in [5.41, 5.74) is 0.626. The van der Waals surface area contributed by atoms with Gasteiger partial charge in [-0.05, 0) is 42.6 Å². The zero-order chi connectivity index (χ0) is 11.7. The number of ketones is 1. The molecule has 0 amide bonds. The van der Waals surface area contributed by atoms with Crippen LogP contribution in [0.15, 0.2) is 10.7 Å². The number of aromatic nitrogens is 2. The summed E-state index contributed by atoms with van der Waals surface area (Å²) in [4.78, 5) is 12.2. The van der Waals surface area contributed by atoms with Gasteiger partial charge in [0.15, 0.2) is 0 Å². The van der Waals surface area contributed by atoms with Crippen LogP contribution in [-0.2, 0) is 11.3 Å². The molecule has 2 heterocycles. The maximum absolute atomic E-state index is 12.2. The van der Waals surface area contributed by atoms with Crippen molar-refractivity contribution in [3.8, 4) is 0 Å². The van der Waals surface area contributed by atoms with Gasteiger partial charge in [-0.2, -0.15) is 5.10 Å². The zero-order valence-corrected chi connectivity index (χ0v) is 11.0. The van der Waals surface area contributed by atoms with Gasteiger partial charge in [0, 0.05) is 6.54 Å². The van der Waals surface area contributed by atoms with Crippen molar-refractivity contribution < 1.29 is 9.53 Å². The largest absolute Gasteiger partial charge is 0.367 e. The van der Waals surface area contributed by atoms with E-state index in [0.717, 1.165) is 17.3 Å². The lowest BCUT2D eigenvalue weighted by Gasteiger charge is -2.11. The predicted octanol–water partition coefficient (Wildman–Crippen LogP) is 2.42. The highest BCUT2D eigenvalue weighted by atomic mass is 79.9. The van der Waals surface area contributed by atoms with Gasteiger partial charge in [-0.25, -0.2) is 0 Å². The van der Waals surface area contributed by atoms with E-state index in [2.05, 4.69) is 21.0 Å². The topological polar surface area (TPSA) is 44.1 Å². The van der Waals surface area contributed by atoms with Crippen molar-refractivity contribution in [2.45, 2.75) is 45.4 Å². The number of aryl methyl sites for hydroxylation is 1. The van der Waals surface area contributed by atoms with E-state index < -0.39 is 0 Å². The molecule has 1 fully saturated rings. The van der Waals surface area contributed by atoms with Crippen molar-refractivity contribution in [2.75, 3.05) is 0 Å². The average molecular weight is 287 g/mol. The molecular formula is C11H15BrN2O2. The molecule has 5 heteroatoms. The van der Waals surface area contributed by atoms with Crippen LogP contribution in [0.3, 0.4) is 0 Å². The van der Waals surface area contributed by atoms with E-state index >= 15 is 0 Å². The van der Waals surface area contributed by atoms with Gasteiger partial charge >= 0.3 is 0 Å². The molecule has 1 aliphatic heterocycles. The number of carbonyl (C=O) groups excluding carboxylic acids is 1. The third kappa shape index (κ3) is 2.06. The first-order valence-corrected chi connectivity index (χ1v) is 6.33. The van der Waals surface area contributed by atoms with Crippen LogP contribution in [0.1, 0.15) is 37.2 Å². The first-order chi connectivity index (χ1) is 7.63. The molecule has 0 bridgehead atoms. The molecule has 0 radical (unpaired) electrons. The molecule has 88 valence electrons. The average Bonchev–Trinajstić information content (AvgIpc) is 2.83. The lowest BCUT2D eigenvalue weighted by molar-refractivity contribution is 0.0424. The summed E-state index contributed by atoms with van der Waals surface area (Å²) in [7, 11) is 0. The molecule has 2 rings (SSSR count). The summed E-state index contributed by atoms with van der Waals surface area (Å²) < 4.78 is 8.05. The number of ether oxygens (including phenoxy) is 1. The van der Waals surface area contributed by atoms with Gasteiger partial charge in [0.2, 0.25) is 5.78 Å². The van der Waals surface area contributed by atoms with E-state index in [0.29, 0.717) is 12.2 Å². The maximum atomic E-state index is 12.2. The van der Waals surface area contributed by atoms with Gasteiger partial charge in [0.1, 0.15) is 11.8 Å². The van der Waals surface area contributed by atoms with Crippen LogP contribution < -0.4 is 0 Å². The van der Waals surface area contributed by atoms with Crippen LogP contribution in [0.25, 0.3) is 0 Å². The number of hydrogen-bond acceptors (Lipinski definition) is 3. The Morgan fingerprint density at radius 3 is 3.00 bits per heavy atom. The van der Waals surface area contributed by atoms with Crippen molar-refractivity contribution in [1.82, 2.24) is 9.78 Å². The summed E-state index contributed by atoms with van der Waals surface area (Å²) in [6.45, 7) is 4.66. The Hall–Kier alpha value is -0.680. The monoisotopic (exact) mass is 286 g/mol. The van der Waals surface area contributed by atoms with Crippen LogP contribution in [0, 0.1) is 0 Å². The fourth-order valence-corrected chi connectivity index (χ4v) is 2.49. The molecule has 4 nitrogen and oxygen atoms in total. The zero-order valence-electron chi connectivity index (χ0n) is 9.44. The molecule has 2 atom stereocenters. The third-order valence-electron chi connectivity index (χ3n) is 2.85. The Bertz CT molecular complexity index is 403. The van der Waals surface area contributed by atoms with Crippen LogP contribution in [0.4, 0.5) is 0 Å². The van der Waals surface area contributed by atoms with Gasteiger partial charge in [0.05, 0.1) is 16.8 Å². The van der Waals surface area contributed by atoms with E-state index in [1.54, 1.807) is 10.9 Å². The highest BCUT2D eigenvalue weighted by molar-refractivity contribution is 9.10. The van der Waals surface area contributed by atoms with E-state index in [1.165, 1.54) is 0 Å². The van der Waals surface area contributed by atoms with Gasteiger partial charge < -0.3 is 4.74 Å². The number of nitrogens with zero attached hydrogens (tertiary/aromatic N) is 2. The molecule has 1 saturated heterocycles. The molecule has 0 spiro atoms. The lowest BCUT2D eigenvalue weighted by Crippen LogP contribution is -2.24. The molecular weight excluding hydrogens is 272 g/mol. The second kappa shape index (κ2) is 4.67. The van der Waals surface area contributed by atoms with Crippen LogP contribution >= 0.6 is 15.9 Å². The van der Waals surface area contributed by atoms with Crippen molar-refractivity contribution in [2.24, 2.45) is 0 Å².